The van der Waals surface area contributed by atoms with Crippen LogP contribution in [0.4, 0.5) is 34.1 Å². The summed E-state index contributed by atoms with van der Waals surface area (Å²) in [7, 11) is 0. The lowest BCUT2D eigenvalue weighted by atomic mass is 9.86. The predicted molar refractivity (Wildman–Crippen MR) is 358 cm³/mol. The number of hydrogen-bond donors (Lipinski definition) is 0. The molecule has 0 aliphatic heterocycles. The first-order chi connectivity index (χ1) is 41.6. The lowest BCUT2D eigenvalue weighted by Gasteiger charge is -2.30. The molecule has 0 amide bonds. The summed E-state index contributed by atoms with van der Waals surface area (Å²) in [6.07, 6.45) is 21.6. The molecule has 0 aromatic heterocycles. The van der Waals surface area contributed by atoms with Crippen LogP contribution in [-0.4, -0.2) is 0 Å². The summed E-state index contributed by atoms with van der Waals surface area (Å²) in [6.45, 7) is 0. The van der Waals surface area contributed by atoms with Gasteiger partial charge in [0.15, 0.2) is 0 Å². The summed E-state index contributed by atoms with van der Waals surface area (Å²) in [6, 6.07) is 102. The minimum Gasteiger partial charge on any atom is -0.310 e. The maximum Gasteiger partial charge on any atom is 0.0496 e. The summed E-state index contributed by atoms with van der Waals surface area (Å²) in [5.41, 5.74) is 26.6. The molecule has 0 bridgehead atoms. The van der Waals surface area contributed by atoms with E-state index in [1.54, 1.807) is 0 Å². The van der Waals surface area contributed by atoms with Gasteiger partial charge in [-0.15, -0.1) is 0 Å². The number of aryl methyl sites for hydroxylation is 2. The molecule has 2 nitrogen and oxygen atoms in total. The fraction of sp³-hybridized carbons (Fsp3) is 0.122. The van der Waals surface area contributed by atoms with Crippen molar-refractivity contribution in [3.05, 3.63) is 357 Å². The van der Waals surface area contributed by atoms with Gasteiger partial charge >= 0.3 is 0 Å². The van der Waals surface area contributed by atoms with E-state index in [1.165, 1.54) is 126 Å². The zero-order valence-corrected chi connectivity index (χ0v) is 47.8. The first kappa shape index (κ1) is 53.5. The second-order valence-corrected chi connectivity index (χ2v) is 22.6. The zero-order chi connectivity index (χ0) is 56.3. The predicted octanol–water partition coefficient (Wildman–Crippen LogP) is 21.7. The van der Waals surface area contributed by atoms with Crippen molar-refractivity contribution in [1.82, 2.24) is 0 Å². The van der Waals surface area contributed by atoms with Crippen molar-refractivity contribution >= 4 is 70.1 Å². The number of fused-ring (bicyclic) bond motifs is 2. The maximum atomic E-state index is 2.48. The third-order valence-corrected chi connectivity index (χ3v) is 17.1. The van der Waals surface area contributed by atoms with Gasteiger partial charge in [-0.25, -0.2) is 0 Å². The van der Waals surface area contributed by atoms with Gasteiger partial charge in [-0.1, -0.05) is 243 Å². The van der Waals surface area contributed by atoms with E-state index < -0.39 is 0 Å². The molecule has 11 aromatic carbocycles. The van der Waals surface area contributed by atoms with Crippen LogP contribution >= 0.6 is 0 Å². The molecule has 0 heterocycles. The van der Waals surface area contributed by atoms with Crippen LogP contribution in [0.5, 0.6) is 0 Å². The fourth-order valence-electron chi connectivity index (χ4n) is 12.6. The molecule has 0 spiro atoms. The smallest absolute Gasteiger partial charge is 0.0496 e. The highest BCUT2D eigenvalue weighted by Gasteiger charge is 2.23. The minimum absolute atomic E-state index is 0.283. The third kappa shape index (κ3) is 12.4. The Bertz CT molecular complexity index is 3950. The van der Waals surface area contributed by atoms with E-state index in [9.17, 15) is 0 Å². The second kappa shape index (κ2) is 25.6. The van der Waals surface area contributed by atoms with Gasteiger partial charge in [-0.05, 0) is 208 Å². The van der Waals surface area contributed by atoms with Crippen molar-refractivity contribution in [2.75, 3.05) is 9.80 Å². The summed E-state index contributed by atoms with van der Waals surface area (Å²) in [5.74, 6) is 0.283. The number of anilines is 6. The van der Waals surface area contributed by atoms with Crippen molar-refractivity contribution in [1.29, 1.82) is 0 Å². The molecule has 2 aliphatic rings. The lowest BCUT2D eigenvalue weighted by molar-refractivity contribution is 0.686. The molecule has 0 N–H and O–H groups in total. The number of benzene rings is 11. The van der Waals surface area contributed by atoms with Crippen LogP contribution in [0.2, 0.25) is 0 Å². The lowest BCUT2D eigenvalue weighted by Crippen LogP contribution is -2.15. The van der Waals surface area contributed by atoms with E-state index in [-0.39, 0.29) is 5.92 Å². The van der Waals surface area contributed by atoms with Gasteiger partial charge in [0, 0.05) is 40.0 Å². The van der Waals surface area contributed by atoms with E-state index in [0.29, 0.717) is 0 Å². The highest BCUT2D eigenvalue weighted by molar-refractivity contribution is 5.92. The zero-order valence-electron chi connectivity index (χ0n) is 47.8. The summed E-state index contributed by atoms with van der Waals surface area (Å²) >= 11 is 0. The van der Waals surface area contributed by atoms with Gasteiger partial charge in [-0.2, -0.15) is 0 Å². The number of hydrogen-bond acceptors (Lipinski definition) is 2. The Morgan fingerprint density at radius 1 is 0.310 bits per heavy atom. The van der Waals surface area contributed by atoms with Crippen molar-refractivity contribution in [2.24, 2.45) is 0 Å². The standard InChI is InChI=1S/C82H70N2/c1-5-19-69(20-6-1)79(70-21-7-2-8-22-70)59-65-47-55-75(56-48-65)83(81-33-17-29-67-27-13-15-31-77(67)81)73-51-43-63(44-52-73)41-39-61-35-37-62(38-36-61)40-42-64-45-53-74(54-46-64)84(82-34-18-30-68-28-14-16-32-78(68)82)76-57-49-66(50-58-76)60-80(71-23-9-3-10-24-71)72-25-11-4-12-26-72/h1-12,17-26,29-30,33-59,80H,13-16,27-28,31-32,60H2/b41-39+,42-40+. The monoisotopic (exact) mass is 1080 g/mol. The molecule has 84 heavy (non-hydrogen) atoms. The van der Waals surface area contributed by atoms with Crippen molar-refractivity contribution < 1.29 is 0 Å². The van der Waals surface area contributed by atoms with E-state index in [2.05, 4.69) is 319 Å². The molecule has 0 unspecified atom stereocenters. The van der Waals surface area contributed by atoms with Gasteiger partial charge in [0.05, 0.1) is 0 Å². The SMILES string of the molecule is C(=C(c1ccccc1)c1ccccc1)c1ccc(N(c2ccc(/C=C/c3ccc(/C=C/c4ccc(N(c5ccc(CC(c6ccccc6)c6ccccc6)cc5)c5cccc6c5CCCC6)cc4)cc3)cc2)c2cccc3c2CCCC3)cc1. The van der Waals surface area contributed by atoms with Gasteiger partial charge in [0.25, 0.3) is 0 Å². The maximum absolute atomic E-state index is 2.48. The largest absolute Gasteiger partial charge is 0.310 e. The van der Waals surface area contributed by atoms with E-state index in [1.807, 2.05) is 0 Å². The average Bonchev–Trinajstić information content (AvgIpc) is 3.70. The Labute approximate surface area is 497 Å². The Kier molecular flexibility index (Phi) is 16.3. The average molecular weight is 1080 g/mol. The van der Waals surface area contributed by atoms with Crippen LogP contribution < -0.4 is 9.80 Å². The van der Waals surface area contributed by atoms with Crippen molar-refractivity contribution in [2.45, 2.75) is 63.7 Å². The number of nitrogens with zero attached hydrogens (tertiary/aromatic N) is 2. The topological polar surface area (TPSA) is 6.48 Å². The molecule has 2 aliphatic carbocycles. The molecule has 0 saturated carbocycles. The van der Waals surface area contributed by atoms with Crippen LogP contribution in [0.1, 0.15) is 109 Å². The molecule has 11 aromatic rings. The van der Waals surface area contributed by atoms with Gasteiger partial charge in [0.1, 0.15) is 0 Å². The van der Waals surface area contributed by atoms with Crippen LogP contribution in [-0.2, 0) is 32.1 Å². The van der Waals surface area contributed by atoms with Crippen molar-refractivity contribution in [3.8, 4) is 0 Å². The second-order valence-electron chi connectivity index (χ2n) is 22.6. The highest BCUT2D eigenvalue weighted by atomic mass is 15.1. The fourth-order valence-corrected chi connectivity index (χ4v) is 12.6. The highest BCUT2D eigenvalue weighted by Crippen LogP contribution is 2.43. The third-order valence-electron chi connectivity index (χ3n) is 17.1. The first-order valence-corrected chi connectivity index (χ1v) is 30.2. The van der Waals surface area contributed by atoms with Gasteiger partial charge < -0.3 is 9.80 Å². The normalized spacial score (nSPS) is 12.9. The van der Waals surface area contributed by atoms with Crippen LogP contribution in [0.3, 0.4) is 0 Å². The Morgan fingerprint density at radius 2 is 0.643 bits per heavy atom. The molecule has 408 valence electrons. The molecular formula is C82H70N2. The first-order valence-electron chi connectivity index (χ1n) is 30.2. The van der Waals surface area contributed by atoms with Crippen LogP contribution in [0.25, 0.3) is 36.0 Å². The van der Waals surface area contributed by atoms with E-state index in [0.717, 1.165) is 49.0 Å². The summed E-state index contributed by atoms with van der Waals surface area (Å²) < 4.78 is 0. The van der Waals surface area contributed by atoms with Gasteiger partial charge in [-0.3, -0.25) is 0 Å². The van der Waals surface area contributed by atoms with Gasteiger partial charge in [0.2, 0.25) is 0 Å². The van der Waals surface area contributed by atoms with Crippen LogP contribution in [0, 0.1) is 0 Å². The molecule has 2 heteroatoms. The summed E-state index contributed by atoms with van der Waals surface area (Å²) in [4.78, 5) is 4.94. The quantitative estimate of drug-likeness (QED) is 0.0839. The number of rotatable bonds is 17. The molecule has 0 atom stereocenters. The Hall–Kier alpha value is -9.76. The molecule has 0 radical (unpaired) electrons. The van der Waals surface area contributed by atoms with Crippen LogP contribution in [0.15, 0.2) is 279 Å². The molecular weight excluding hydrogens is 1010 g/mol. The Morgan fingerprint density at radius 3 is 1.04 bits per heavy atom. The summed E-state index contributed by atoms with van der Waals surface area (Å²) in [5, 5.41) is 0. The minimum atomic E-state index is 0.283. The molecule has 13 rings (SSSR count). The van der Waals surface area contributed by atoms with E-state index in [4.69, 9.17) is 0 Å². The molecule has 0 fully saturated rings. The van der Waals surface area contributed by atoms with Crippen molar-refractivity contribution in [3.63, 3.8) is 0 Å². The van der Waals surface area contributed by atoms with E-state index >= 15 is 0 Å². The Balaban J connectivity index is 0.708. The molecule has 0 saturated heterocycles.